The number of nitriles is 1. The van der Waals surface area contributed by atoms with Crippen LogP contribution in [0.5, 0.6) is 5.75 Å². The molecule has 0 aliphatic rings. The van der Waals surface area contributed by atoms with Crippen molar-refractivity contribution < 1.29 is 4.74 Å². The van der Waals surface area contributed by atoms with Gasteiger partial charge in [-0.3, -0.25) is 0 Å². The maximum atomic E-state index is 9.54. The van der Waals surface area contributed by atoms with Gasteiger partial charge in [-0.25, -0.2) is 4.85 Å². The van der Waals surface area contributed by atoms with E-state index in [-0.39, 0.29) is 0 Å². The van der Waals surface area contributed by atoms with Crippen molar-refractivity contribution in [1.29, 1.82) is 5.26 Å². The van der Waals surface area contributed by atoms with E-state index in [0.717, 1.165) is 11.3 Å². The minimum absolute atomic E-state index is 0.341. The fourth-order valence-corrected chi connectivity index (χ4v) is 2.19. The number of methoxy groups -OCH3 is 1. The Hall–Kier alpha value is -3.24. The summed E-state index contributed by atoms with van der Waals surface area (Å²) < 4.78 is 5.13. The lowest BCUT2D eigenvalue weighted by atomic mass is 10.0. The summed E-state index contributed by atoms with van der Waals surface area (Å²) in [7, 11) is 5.50. The van der Waals surface area contributed by atoms with Crippen molar-refractivity contribution >= 4 is 17.0 Å². The van der Waals surface area contributed by atoms with Crippen molar-refractivity contribution in [3.63, 3.8) is 0 Å². The van der Waals surface area contributed by atoms with Gasteiger partial charge >= 0.3 is 0 Å². The van der Waals surface area contributed by atoms with Crippen LogP contribution < -0.4 is 9.64 Å². The number of benzene rings is 2. The van der Waals surface area contributed by atoms with Crippen LogP contribution in [0.3, 0.4) is 0 Å². The summed E-state index contributed by atoms with van der Waals surface area (Å²) in [6.45, 7) is 7.47. The summed E-state index contributed by atoms with van der Waals surface area (Å²) in [4.78, 5) is 5.56. The highest BCUT2D eigenvalue weighted by molar-refractivity contribution is 5.99. The summed E-state index contributed by atoms with van der Waals surface area (Å²) in [5.41, 5.74) is 3.19. The molecule has 0 bridgehead atoms. The quantitative estimate of drug-likeness (QED) is 0.485. The SMILES string of the molecule is [C-]#[N+]/C(=C(/C#N)c1ccc(N(C)C)cc1)c1ccc(OC)cc1. The van der Waals surface area contributed by atoms with E-state index in [1.54, 1.807) is 31.4 Å². The first-order valence-electron chi connectivity index (χ1n) is 7.04. The second-order valence-corrected chi connectivity index (χ2v) is 5.12. The zero-order chi connectivity index (χ0) is 16.8. The van der Waals surface area contributed by atoms with E-state index in [2.05, 4.69) is 10.9 Å². The maximum Gasteiger partial charge on any atom is 0.212 e. The average molecular weight is 303 g/mol. The summed E-state index contributed by atoms with van der Waals surface area (Å²) in [5, 5.41) is 9.54. The minimum Gasteiger partial charge on any atom is -0.497 e. The predicted molar refractivity (Wildman–Crippen MR) is 92.8 cm³/mol. The second-order valence-electron chi connectivity index (χ2n) is 5.12. The van der Waals surface area contributed by atoms with Crippen molar-refractivity contribution in [2.75, 3.05) is 26.1 Å². The van der Waals surface area contributed by atoms with Gasteiger partial charge in [-0.05, 0) is 35.4 Å². The molecule has 0 spiro atoms. The Kier molecular flexibility index (Phi) is 5.02. The van der Waals surface area contributed by atoms with Crippen LogP contribution in [0.4, 0.5) is 5.69 Å². The summed E-state index contributed by atoms with van der Waals surface area (Å²) >= 11 is 0. The van der Waals surface area contributed by atoms with E-state index in [0.29, 0.717) is 22.6 Å². The van der Waals surface area contributed by atoms with Gasteiger partial charge in [0, 0.05) is 19.8 Å². The topological polar surface area (TPSA) is 40.6 Å². The number of anilines is 1. The Labute approximate surface area is 136 Å². The number of rotatable bonds is 4. The molecule has 0 heterocycles. The maximum absolute atomic E-state index is 9.54. The lowest BCUT2D eigenvalue weighted by Crippen LogP contribution is -2.08. The Bertz CT molecular complexity index is 788. The molecule has 0 radical (unpaired) electrons. The van der Waals surface area contributed by atoms with Gasteiger partial charge in [0.05, 0.1) is 25.3 Å². The number of hydrogen-bond acceptors (Lipinski definition) is 3. The van der Waals surface area contributed by atoms with Gasteiger partial charge in [0.15, 0.2) is 0 Å². The van der Waals surface area contributed by atoms with Crippen LogP contribution in [-0.4, -0.2) is 21.2 Å². The molecular weight excluding hydrogens is 286 g/mol. The molecule has 23 heavy (non-hydrogen) atoms. The highest BCUT2D eigenvalue weighted by Crippen LogP contribution is 2.29. The first-order chi connectivity index (χ1) is 11.1. The second kappa shape index (κ2) is 7.15. The molecule has 2 aromatic rings. The van der Waals surface area contributed by atoms with Crippen molar-refractivity contribution in [3.8, 4) is 11.8 Å². The van der Waals surface area contributed by atoms with Gasteiger partial charge in [-0.1, -0.05) is 24.3 Å². The van der Waals surface area contributed by atoms with Gasteiger partial charge in [0.1, 0.15) is 5.75 Å². The van der Waals surface area contributed by atoms with E-state index >= 15 is 0 Å². The molecule has 0 aromatic heterocycles. The largest absolute Gasteiger partial charge is 0.497 e. The van der Waals surface area contributed by atoms with Crippen molar-refractivity contribution in [3.05, 3.63) is 71.1 Å². The molecule has 114 valence electrons. The normalized spacial score (nSPS) is 11.0. The first kappa shape index (κ1) is 16.1. The van der Waals surface area contributed by atoms with Gasteiger partial charge in [0.2, 0.25) is 5.70 Å². The lowest BCUT2D eigenvalue weighted by molar-refractivity contribution is 0.415. The molecule has 0 aliphatic carbocycles. The van der Waals surface area contributed by atoms with E-state index in [9.17, 15) is 5.26 Å². The van der Waals surface area contributed by atoms with Crippen LogP contribution in [0.2, 0.25) is 0 Å². The van der Waals surface area contributed by atoms with Crippen molar-refractivity contribution in [2.24, 2.45) is 0 Å². The zero-order valence-corrected chi connectivity index (χ0v) is 13.4. The summed E-state index contributed by atoms with van der Waals surface area (Å²) in [6, 6.07) is 16.9. The highest BCUT2D eigenvalue weighted by Gasteiger charge is 2.12. The van der Waals surface area contributed by atoms with Crippen LogP contribution >= 0.6 is 0 Å². The smallest absolute Gasteiger partial charge is 0.212 e. The summed E-state index contributed by atoms with van der Waals surface area (Å²) in [6.07, 6.45) is 0. The predicted octanol–water partition coefficient (Wildman–Crippen LogP) is 4.07. The third kappa shape index (κ3) is 3.51. The van der Waals surface area contributed by atoms with E-state index in [1.807, 2.05) is 43.3 Å². The molecule has 0 aliphatic heterocycles. The first-order valence-corrected chi connectivity index (χ1v) is 7.04. The van der Waals surface area contributed by atoms with Gasteiger partial charge in [-0.2, -0.15) is 5.26 Å². The third-order valence-electron chi connectivity index (χ3n) is 3.50. The van der Waals surface area contributed by atoms with E-state index < -0.39 is 0 Å². The molecule has 2 rings (SSSR count). The van der Waals surface area contributed by atoms with Crippen molar-refractivity contribution in [2.45, 2.75) is 0 Å². The molecule has 0 atom stereocenters. The van der Waals surface area contributed by atoms with E-state index in [4.69, 9.17) is 11.3 Å². The van der Waals surface area contributed by atoms with Crippen LogP contribution in [0.1, 0.15) is 11.1 Å². The summed E-state index contributed by atoms with van der Waals surface area (Å²) in [5.74, 6) is 0.715. The Morgan fingerprint density at radius 3 is 2.04 bits per heavy atom. The average Bonchev–Trinajstić information content (AvgIpc) is 2.60. The van der Waals surface area contributed by atoms with Crippen LogP contribution in [0.25, 0.3) is 16.1 Å². The van der Waals surface area contributed by atoms with Gasteiger partial charge in [0.25, 0.3) is 0 Å². The zero-order valence-electron chi connectivity index (χ0n) is 13.4. The Morgan fingerprint density at radius 2 is 1.61 bits per heavy atom. The van der Waals surface area contributed by atoms with Crippen LogP contribution in [0.15, 0.2) is 48.5 Å². The van der Waals surface area contributed by atoms with Crippen LogP contribution in [0, 0.1) is 17.9 Å². The number of ether oxygens (including phenoxy) is 1. The minimum atomic E-state index is 0.341. The fourth-order valence-electron chi connectivity index (χ4n) is 2.19. The lowest BCUT2D eigenvalue weighted by Gasteiger charge is -2.13. The molecular formula is C19H17N3O. The number of hydrogen-bond donors (Lipinski definition) is 0. The molecule has 0 amide bonds. The van der Waals surface area contributed by atoms with Gasteiger partial charge < -0.3 is 9.64 Å². The molecule has 0 saturated heterocycles. The molecule has 0 saturated carbocycles. The highest BCUT2D eigenvalue weighted by atomic mass is 16.5. The molecule has 4 heteroatoms. The van der Waals surface area contributed by atoms with Gasteiger partial charge in [-0.15, -0.1) is 0 Å². The molecule has 4 nitrogen and oxygen atoms in total. The Morgan fingerprint density at radius 1 is 1.04 bits per heavy atom. The molecule has 2 aromatic carbocycles. The van der Waals surface area contributed by atoms with Crippen molar-refractivity contribution in [1.82, 2.24) is 0 Å². The number of nitrogens with zero attached hydrogens (tertiary/aromatic N) is 3. The molecule has 0 fully saturated rings. The fraction of sp³-hybridized carbons (Fsp3) is 0.158. The third-order valence-corrected chi connectivity index (χ3v) is 3.50. The molecule has 0 N–H and O–H groups in total. The number of allylic oxidation sites excluding steroid dienone is 1. The monoisotopic (exact) mass is 303 g/mol. The van der Waals surface area contributed by atoms with Crippen LogP contribution in [-0.2, 0) is 0 Å². The van der Waals surface area contributed by atoms with E-state index in [1.165, 1.54) is 0 Å². The Balaban J connectivity index is 2.51. The standard InChI is InChI=1S/C19H17N3O/c1-21-19(15-7-11-17(23-4)12-8-15)18(13-20)14-5-9-16(10-6-14)22(2)3/h5-12H,2-4H3/b19-18-. The molecule has 0 unspecified atom stereocenters.